The molecule has 1 aliphatic carbocycles. The van der Waals surface area contributed by atoms with E-state index < -0.39 is 35.7 Å². The largest absolute Gasteiger partial charge is 0.550 e. The summed E-state index contributed by atoms with van der Waals surface area (Å²) in [4.78, 5) is 34.7. The number of amides is 1. The summed E-state index contributed by atoms with van der Waals surface area (Å²) in [5, 5.41) is 21.7. The summed E-state index contributed by atoms with van der Waals surface area (Å²) >= 11 is 0. The maximum atomic E-state index is 11.7. The van der Waals surface area contributed by atoms with E-state index in [1.54, 1.807) is 0 Å². The molecule has 3 atom stereocenters. The number of aliphatic carboxylic acids is 2. The highest BCUT2D eigenvalue weighted by Crippen LogP contribution is 2.40. The van der Waals surface area contributed by atoms with Crippen molar-refractivity contribution in [3.8, 4) is 0 Å². The molecule has 1 amide bonds. The Kier molecular flexibility index (Phi) is 2.22. The first kappa shape index (κ1) is 10.7. The maximum absolute atomic E-state index is 11.7. The SMILES string of the molecule is CN1C(=O)[C@@H]2C(C(=O)[O-])=CC[C@H]1[C@H]2C(=O)[O-]. The van der Waals surface area contributed by atoms with Crippen molar-refractivity contribution in [3.63, 3.8) is 0 Å². The molecule has 2 aliphatic rings. The fraction of sp³-hybridized carbons (Fsp3) is 0.500. The number of nitrogens with zero attached hydrogens (tertiary/aromatic N) is 1. The van der Waals surface area contributed by atoms with E-state index in [2.05, 4.69) is 0 Å². The molecule has 1 fully saturated rings. The normalized spacial score (nSPS) is 32.6. The van der Waals surface area contributed by atoms with E-state index >= 15 is 0 Å². The second-order valence-corrected chi connectivity index (χ2v) is 4.02. The highest BCUT2D eigenvalue weighted by molar-refractivity contribution is 6.00. The second kappa shape index (κ2) is 3.33. The maximum Gasteiger partial charge on any atom is 0.230 e. The van der Waals surface area contributed by atoms with Crippen LogP contribution in [0.25, 0.3) is 0 Å². The second-order valence-electron chi connectivity index (χ2n) is 4.02. The Labute approximate surface area is 91.2 Å². The minimum Gasteiger partial charge on any atom is -0.550 e. The minimum absolute atomic E-state index is 0.209. The third-order valence-electron chi connectivity index (χ3n) is 3.31. The summed E-state index contributed by atoms with van der Waals surface area (Å²) in [6.07, 6.45) is 1.58. The third-order valence-corrected chi connectivity index (χ3v) is 3.31. The van der Waals surface area contributed by atoms with Gasteiger partial charge in [-0.3, -0.25) is 4.79 Å². The molecule has 1 saturated heterocycles. The lowest BCUT2D eigenvalue weighted by molar-refractivity contribution is -0.313. The number of carboxylic acid groups (broad SMARTS) is 2. The molecule has 2 bridgehead atoms. The van der Waals surface area contributed by atoms with E-state index in [1.165, 1.54) is 18.0 Å². The van der Waals surface area contributed by atoms with Gasteiger partial charge in [0, 0.05) is 25.0 Å². The first-order valence-electron chi connectivity index (χ1n) is 4.84. The van der Waals surface area contributed by atoms with Crippen LogP contribution in [0, 0.1) is 11.8 Å². The van der Waals surface area contributed by atoms with E-state index in [0.29, 0.717) is 0 Å². The van der Waals surface area contributed by atoms with Crippen molar-refractivity contribution in [2.45, 2.75) is 12.5 Å². The van der Waals surface area contributed by atoms with Crippen LogP contribution in [0.5, 0.6) is 0 Å². The number of carbonyl (C=O) groups excluding carboxylic acids is 3. The average molecular weight is 223 g/mol. The summed E-state index contributed by atoms with van der Waals surface area (Å²) in [6, 6.07) is -0.509. The molecule has 0 saturated carbocycles. The fourth-order valence-corrected chi connectivity index (χ4v) is 2.51. The smallest absolute Gasteiger partial charge is 0.230 e. The summed E-state index contributed by atoms with van der Waals surface area (Å²) in [6.45, 7) is 0. The number of carbonyl (C=O) groups is 3. The zero-order valence-electron chi connectivity index (χ0n) is 8.50. The van der Waals surface area contributed by atoms with Gasteiger partial charge in [-0.2, -0.15) is 0 Å². The number of hydrogen-bond donors (Lipinski definition) is 0. The molecule has 1 aliphatic heterocycles. The fourth-order valence-electron chi connectivity index (χ4n) is 2.51. The Bertz CT molecular complexity index is 413. The van der Waals surface area contributed by atoms with Gasteiger partial charge in [0.05, 0.1) is 11.9 Å². The molecule has 1 heterocycles. The van der Waals surface area contributed by atoms with Crippen LogP contribution in [0.2, 0.25) is 0 Å². The van der Waals surface area contributed by atoms with Crippen molar-refractivity contribution in [2.24, 2.45) is 11.8 Å². The predicted octanol–water partition coefficient (Wildman–Crippen LogP) is -3.11. The monoisotopic (exact) mass is 223 g/mol. The van der Waals surface area contributed by atoms with Crippen molar-refractivity contribution in [1.29, 1.82) is 0 Å². The molecule has 2 rings (SSSR count). The number of fused-ring (bicyclic) bond motifs is 2. The Hall–Kier alpha value is -1.85. The molecule has 0 N–H and O–H groups in total. The Morgan fingerprint density at radius 2 is 2.06 bits per heavy atom. The molecule has 0 unspecified atom stereocenters. The zero-order valence-corrected chi connectivity index (χ0v) is 8.50. The highest BCUT2D eigenvalue weighted by Gasteiger charge is 2.50. The van der Waals surface area contributed by atoms with Crippen LogP contribution < -0.4 is 10.2 Å². The Balaban J connectivity index is 2.47. The van der Waals surface area contributed by atoms with Crippen LogP contribution in [0.1, 0.15) is 6.42 Å². The first-order chi connectivity index (χ1) is 7.45. The summed E-state index contributed by atoms with van der Waals surface area (Å²) in [7, 11) is 1.47. The highest BCUT2D eigenvalue weighted by atomic mass is 16.4. The van der Waals surface area contributed by atoms with Gasteiger partial charge in [-0.1, -0.05) is 6.08 Å². The van der Waals surface area contributed by atoms with Gasteiger partial charge in [0.1, 0.15) is 0 Å². The summed E-state index contributed by atoms with van der Waals surface area (Å²) in [5.74, 6) is -5.61. The van der Waals surface area contributed by atoms with Gasteiger partial charge >= 0.3 is 0 Å². The van der Waals surface area contributed by atoms with Gasteiger partial charge in [-0.15, -0.1) is 0 Å². The molecule has 0 aromatic carbocycles. The zero-order chi connectivity index (χ0) is 12.0. The van der Waals surface area contributed by atoms with Crippen LogP contribution in [-0.4, -0.2) is 35.8 Å². The van der Waals surface area contributed by atoms with Crippen molar-refractivity contribution in [3.05, 3.63) is 11.6 Å². The number of rotatable bonds is 2. The van der Waals surface area contributed by atoms with Crippen LogP contribution in [-0.2, 0) is 14.4 Å². The minimum atomic E-state index is -1.49. The van der Waals surface area contributed by atoms with Gasteiger partial charge in [-0.25, -0.2) is 0 Å². The Morgan fingerprint density at radius 1 is 1.44 bits per heavy atom. The van der Waals surface area contributed by atoms with E-state index in [1.807, 2.05) is 0 Å². The number of hydrogen-bond acceptors (Lipinski definition) is 5. The molecule has 0 aromatic rings. The first-order valence-corrected chi connectivity index (χ1v) is 4.84. The van der Waals surface area contributed by atoms with E-state index in [0.717, 1.165) is 0 Å². The quantitative estimate of drug-likeness (QED) is 0.493. The summed E-state index contributed by atoms with van der Waals surface area (Å²) in [5.41, 5.74) is -0.236. The van der Waals surface area contributed by atoms with Crippen molar-refractivity contribution >= 4 is 17.8 Å². The standard InChI is InChI=1S/C10H11NO5/c1-11-5-3-2-4(9(13)14)6(8(11)12)7(5)10(15)16/h2,5-7H,3H2,1H3,(H,13,14)(H,15,16)/p-2/t5-,6+,7+/m0/s1. The van der Waals surface area contributed by atoms with Gasteiger partial charge in [0.15, 0.2) is 0 Å². The van der Waals surface area contributed by atoms with Crippen LogP contribution in [0.3, 0.4) is 0 Å². The molecule has 16 heavy (non-hydrogen) atoms. The predicted molar refractivity (Wildman–Crippen MR) is 46.3 cm³/mol. The third kappa shape index (κ3) is 1.22. The van der Waals surface area contributed by atoms with Crippen LogP contribution in [0.4, 0.5) is 0 Å². The Morgan fingerprint density at radius 3 is 2.56 bits per heavy atom. The molecular weight excluding hydrogens is 214 g/mol. The molecule has 0 aromatic heterocycles. The van der Waals surface area contributed by atoms with Crippen molar-refractivity contribution in [1.82, 2.24) is 4.90 Å². The molecule has 6 heteroatoms. The van der Waals surface area contributed by atoms with Gasteiger partial charge < -0.3 is 24.7 Å². The number of likely N-dealkylation sites (tertiary alicyclic amines) is 1. The van der Waals surface area contributed by atoms with Gasteiger partial charge in [-0.05, 0) is 12.0 Å². The topological polar surface area (TPSA) is 101 Å². The van der Waals surface area contributed by atoms with Crippen molar-refractivity contribution in [2.75, 3.05) is 7.05 Å². The molecule has 0 radical (unpaired) electrons. The van der Waals surface area contributed by atoms with Crippen molar-refractivity contribution < 1.29 is 24.6 Å². The van der Waals surface area contributed by atoms with E-state index in [9.17, 15) is 24.6 Å². The van der Waals surface area contributed by atoms with E-state index in [-0.39, 0.29) is 12.0 Å². The lowest BCUT2D eigenvalue weighted by atomic mass is 9.79. The van der Waals surface area contributed by atoms with Crippen LogP contribution in [0.15, 0.2) is 11.6 Å². The molecule has 6 nitrogen and oxygen atoms in total. The van der Waals surface area contributed by atoms with E-state index in [4.69, 9.17) is 0 Å². The summed E-state index contributed by atoms with van der Waals surface area (Å²) < 4.78 is 0. The lowest BCUT2D eigenvalue weighted by Crippen LogP contribution is -2.45. The van der Waals surface area contributed by atoms with Gasteiger partial charge in [0.2, 0.25) is 5.91 Å². The van der Waals surface area contributed by atoms with Gasteiger partial charge in [0.25, 0.3) is 0 Å². The average Bonchev–Trinajstić information content (AvgIpc) is 2.39. The number of carboxylic acids is 2. The molecule has 0 spiro atoms. The lowest BCUT2D eigenvalue weighted by Gasteiger charge is -2.30. The molecule has 86 valence electrons. The van der Waals surface area contributed by atoms with Crippen LogP contribution >= 0.6 is 0 Å². The molecular formula is C10H9NO5-2.